The number of methoxy groups -OCH3 is 1. The van der Waals surface area contributed by atoms with Crippen LogP contribution in [0, 0.1) is 0 Å². The van der Waals surface area contributed by atoms with E-state index in [1.54, 1.807) is 30.3 Å². The van der Waals surface area contributed by atoms with Gasteiger partial charge in [-0.3, -0.25) is 9.52 Å². The average Bonchev–Trinajstić information content (AvgIpc) is 2.66. The molecule has 0 unspecified atom stereocenters. The maximum atomic E-state index is 12.8. The van der Waals surface area contributed by atoms with Crippen LogP contribution in [0.5, 0.6) is 11.5 Å². The Morgan fingerprint density at radius 2 is 1.86 bits per heavy atom. The van der Waals surface area contributed by atoms with Crippen LogP contribution in [0.25, 0.3) is 0 Å². The fourth-order valence-electron chi connectivity index (χ4n) is 2.91. The quantitative estimate of drug-likeness (QED) is 0.760. The van der Waals surface area contributed by atoms with Crippen LogP contribution in [0.3, 0.4) is 0 Å². The molecule has 0 spiro atoms. The van der Waals surface area contributed by atoms with Crippen molar-refractivity contribution in [2.24, 2.45) is 0 Å². The smallest absolute Gasteiger partial charge is 0.471 e. The summed E-state index contributed by atoms with van der Waals surface area (Å²) in [5.74, 6) is -1.88. The predicted molar refractivity (Wildman–Crippen MR) is 97.4 cm³/mol. The molecule has 1 amide bonds. The summed E-state index contributed by atoms with van der Waals surface area (Å²) in [6.45, 7) is -0.324. The molecule has 2 aromatic rings. The zero-order valence-electron chi connectivity index (χ0n) is 15.1. The summed E-state index contributed by atoms with van der Waals surface area (Å²) in [4.78, 5) is 11.0. The van der Waals surface area contributed by atoms with Gasteiger partial charge >= 0.3 is 12.1 Å². The third kappa shape index (κ3) is 4.56. The van der Waals surface area contributed by atoms with Gasteiger partial charge in [-0.2, -0.15) is 13.2 Å². The van der Waals surface area contributed by atoms with Gasteiger partial charge in [-0.1, -0.05) is 18.2 Å². The Morgan fingerprint density at radius 3 is 2.48 bits per heavy atom. The summed E-state index contributed by atoms with van der Waals surface area (Å²) in [5.41, 5.74) is 0.588. The van der Waals surface area contributed by atoms with Crippen molar-refractivity contribution in [1.82, 2.24) is 5.32 Å². The Bertz CT molecular complexity index is 1010. The Morgan fingerprint density at radius 1 is 1.17 bits per heavy atom. The molecule has 1 aliphatic rings. The second-order valence-electron chi connectivity index (χ2n) is 6.23. The normalized spacial score (nSPS) is 16.3. The highest BCUT2D eigenvalue weighted by Gasteiger charge is 2.41. The lowest BCUT2D eigenvalue weighted by Gasteiger charge is -2.29. The molecule has 0 bridgehead atoms. The van der Waals surface area contributed by atoms with E-state index < -0.39 is 28.1 Å². The Kier molecular flexibility index (Phi) is 5.60. The molecule has 0 aliphatic carbocycles. The van der Waals surface area contributed by atoms with Gasteiger partial charge in [0.05, 0.1) is 13.2 Å². The highest BCUT2D eigenvalue weighted by atomic mass is 32.2. The van der Waals surface area contributed by atoms with Crippen LogP contribution < -0.4 is 19.5 Å². The Hall–Kier alpha value is -2.95. The van der Waals surface area contributed by atoms with Crippen molar-refractivity contribution >= 4 is 21.6 Å². The molecule has 3 rings (SSSR count). The van der Waals surface area contributed by atoms with E-state index >= 15 is 0 Å². The number of benzene rings is 2. The number of fused-ring (bicyclic) bond motifs is 1. The summed E-state index contributed by atoms with van der Waals surface area (Å²) < 4.78 is 76.2. The molecule has 156 valence electrons. The van der Waals surface area contributed by atoms with E-state index in [0.29, 0.717) is 5.69 Å². The van der Waals surface area contributed by atoms with Crippen molar-refractivity contribution in [2.45, 2.75) is 23.5 Å². The highest BCUT2D eigenvalue weighted by molar-refractivity contribution is 7.92. The third-order valence-corrected chi connectivity index (χ3v) is 5.59. The Balaban J connectivity index is 1.92. The SMILES string of the molecule is COc1ccc(S(=O)(=O)Nc2ccccc2)c2c1C[C@@H](NC(=O)C(F)(F)F)CO2. The highest BCUT2D eigenvalue weighted by Crippen LogP contribution is 2.39. The van der Waals surface area contributed by atoms with Gasteiger partial charge in [-0.25, -0.2) is 8.42 Å². The summed E-state index contributed by atoms with van der Waals surface area (Å²) in [6, 6.07) is 9.86. The van der Waals surface area contributed by atoms with Crippen LogP contribution in [-0.2, 0) is 21.2 Å². The molecule has 0 saturated carbocycles. The number of ether oxygens (including phenoxy) is 2. The molecule has 0 fully saturated rings. The van der Waals surface area contributed by atoms with E-state index in [9.17, 15) is 26.4 Å². The lowest BCUT2D eigenvalue weighted by Crippen LogP contribution is -2.48. The van der Waals surface area contributed by atoms with Crippen molar-refractivity contribution in [2.75, 3.05) is 18.4 Å². The number of rotatable bonds is 5. The molecule has 2 aromatic carbocycles. The monoisotopic (exact) mass is 430 g/mol. The first-order chi connectivity index (χ1) is 13.6. The number of halogens is 3. The number of amides is 1. The minimum Gasteiger partial charge on any atom is -0.496 e. The van der Waals surface area contributed by atoms with Gasteiger partial charge in [0.15, 0.2) is 0 Å². The first-order valence-corrected chi connectivity index (χ1v) is 9.88. The van der Waals surface area contributed by atoms with Gasteiger partial charge in [0, 0.05) is 17.7 Å². The van der Waals surface area contributed by atoms with Gasteiger partial charge in [0.2, 0.25) is 0 Å². The van der Waals surface area contributed by atoms with Crippen LogP contribution in [0.4, 0.5) is 18.9 Å². The van der Waals surface area contributed by atoms with E-state index in [4.69, 9.17) is 9.47 Å². The maximum absolute atomic E-state index is 12.8. The number of hydrogen-bond acceptors (Lipinski definition) is 5. The Labute approximate surface area is 164 Å². The number of nitrogens with one attached hydrogen (secondary N) is 2. The van der Waals surface area contributed by atoms with Gasteiger partial charge in [0.1, 0.15) is 23.0 Å². The van der Waals surface area contributed by atoms with Crippen LogP contribution in [-0.4, -0.2) is 40.3 Å². The van der Waals surface area contributed by atoms with Crippen molar-refractivity contribution < 1.29 is 35.9 Å². The number of para-hydroxylation sites is 1. The number of carbonyl (C=O) groups excluding carboxylic acids is 1. The van der Waals surface area contributed by atoms with Crippen LogP contribution in [0.1, 0.15) is 5.56 Å². The summed E-state index contributed by atoms with van der Waals surface area (Å²) in [6.07, 6.45) is -5.12. The number of anilines is 1. The molecule has 7 nitrogen and oxygen atoms in total. The van der Waals surface area contributed by atoms with E-state index in [0.717, 1.165) is 0 Å². The third-order valence-electron chi connectivity index (χ3n) is 4.19. The minimum atomic E-state index is -5.03. The molecule has 2 N–H and O–H groups in total. The van der Waals surface area contributed by atoms with Crippen LogP contribution >= 0.6 is 0 Å². The number of sulfonamides is 1. The molecule has 1 atom stereocenters. The molecule has 0 radical (unpaired) electrons. The summed E-state index contributed by atoms with van der Waals surface area (Å²) in [7, 11) is -2.70. The van der Waals surface area contributed by atoms with Crippen molar-refractivity contribution in [3.63, 3.8) is 0 Å². The molecule has 0 saturated heterocycles. The topological polar surface area (TPSA) is 93.7 Å². The molecule has 29 heavy (non-hydrogen) atoms. The van der Waals surface area contributed by atoms with Gasteiger partial charge < -0.3 is 14.8 Å². The molecular formula is C18H17F3N2O5S. The number of carbonyl (C=O) groups is 1. The van der Waals surface area contributed by atoms with Crippen LogP contribution in [0.15, 0.2) is 47.4 Å². The van der Waals surface area contributed by atoms with Gasteiger partial charge in [0.25, 0.3) is 10.0 Å². The minimum absolute atomic E-state index is 0.0229. The molecule has 11 heteroatoms. The lowest BCUT2D eigenvalue weighted by atomic mass is 10.0. The summed E-state index contributed by atoms with van der Waals surface area (Å²) >= 11 is 0. The fourth-order valence-corrected chi connectivity index (χ4v) is 4.14. The number of alkyl halides is 3. The molecule has 1 heterocycles. The zero-order valence-corrected chi connectivity index (χ0v) is 15.9. The zero-order chi connectivity index (χ0) is 21.2. The largest absolute Gasteiger partial charge is 0.496 e. The number of hydrogen-bond donors (Lipinski definition) is 2. The average molecular weight is 430 g/mol. The predicted octanol–water partition coefficient (Wildman–Crippen LogP) is 2.48. The van der Waals surface area contributed by atoms with E-state index in [2.05, 4.69) is 4.72 Å². The lowest BCUT2D eigenvalue weighted by molar-refractivity contribution is -0.174. The second kappa shape index (κ2) is 7.82. The first-order valence-electron chi connectivity index (χ1n) is 8.40. The van der Waals surface area contributed by atoms with Crippen molar-refractivity contribution in [3.8, 4) is 11.5 Å². The van der Waals surface area contributed by atoms with E-state index in [1.165, 1.54) is 19.2 Å². The van der Waals surface area contributed by atoms with Gasteiger partial charge in [-0.05, 0) is 24.3 Å². The maximum Gasteiger partial charge on any atom is 0.471 e. The summed E-state index contributed by atoms with van der Waals surface area (Å²) in [5, 5.41) is 1.84. The fraction of sp³-hybridized carbons (Fsp3) is 0.278. The van der Waals surface area contributed by atoms with E-state index in [1.807, 2.05) is 5.32 Å². The second-order valence-corrected chi connectivity index (χ2v) is 7.88. The van der Waals surface area contributed by atoms with Gasteiger partial charge in [-0.15, -0.1) is 0 Å². The van der Waals surface area contributed by atoms with E-state index in [-0.39, 0.29) is 35.0 Å². The van der Waals surface area contributed by atoms with Crippen molar-refractivity contribution in [3.05, 3.63) is 48.0 Å². The molecule has 1 aliphatic heterocycles. The molecular weight excluding hydrogens is 413 g/mol. The molecule has 0 aromatic heterocycles. The van der Waals surface area contributed by atoms with Crippen molar-refractivity contribution in [1.29, 1.82) is 0 Å². The standard InChI is InChI=1S/C18H17F3N2O5S/c1-27-14-7-8-15(29(25,26)23-11-5-3-2-4-6-11)16-13(14)9-12(10-28-16)22-17(24)18(19,20)21/h2-8,12,23H,9-10H2,1H3,(H,22,24)/t12-/m1/s1. The van der Waals surface area contributed by atoms with Crippen LogP contribution in [0.2, 0.25) is 0 Å². The first kappa shape index (κ1) is 20.8.